The van der Waals surface area contributed by atoms with Crippen LogP contribution in [0.25, 0.3) is 0 Å². The van der Waals surface area contributed by atoms with Gasteiger partial charge in [-0.05, 0) is 12.1 Å². The first-order valence-corrected chi connectivity index (χ1v) is 8.16. The summed E-state index contributed by atoms with van der Waals surface area (Å²) >= 11 is 0. The average Bonchev–Trinajstić information content (AvgIpc) is 2.42. The first-order valence-electron chi connectivity index (χ1n) is 8.16. The zero-order valence-electron chi connectivity index (χ0n) is 14.2. The van der Waals surface area contributed by atoms with Gasteiger partial charge in [-0.2, -0.15) is 0 Å². The van der Waals surface area contributed by atoms with Crippen LogP contribution in [0.3, 0.4) is 0 Å². The zero-order chi connectivity index (χ0) is 16.5. The third-order valence-corrected chi connectivity index (χ3v) is 3.41. The Bertz CT molecular complexity index is 447. The van der Waals surface area contributed by atoms with E-state index in [0.717, 1.165) is 13.0 Å². The lowest BCUT2D eigenvalue weighted by Gasteiger charge is -2.23. The highest BCUT2D eigenvalue weighted by Gasteiger charge is 2.12. The highest BCUT2D eigenvalue weighted by atomic mass is 16.5. The molecule has 0 radical (unpaired) electrons. The van der Waals surface area contributed by atoms with Crippen LogP contribution in [0.5, 0.6) is 5.75 Å². The van der Waals surface area contributed by atoms with Gasteiger partial charge in [-0.25, -0.2) is 0 Å². The number of carboxylic acid groups (broad SMARTS) is 1. The normalized spacial score (nSPS) is 11.4. The fourth-order valence-electron chi connectivity index (χ4n) is 2.67. The minimum absolute atomic E-state index is 0.157. The summed E-state index contributed by atoms with van der Waals surface area (Å²) in [7, 11) is 0. The van der Waals surface area contributed by atoms with Crippen molar-refractivity contribution in [1.82, 2.24) is 0 Å². The molecular formula is C18H29NO3. The fourth-order valence-corrected chi connectivity index (χ4v) is 2.67. The molecular weight excluding hydrogens is 278 g/mol. The zero-order valence-corrected chi connectivity index (χ0v) is 14.2. The predicted molar refractivity (Wildman–Crippen MR) is 86.1 cm³/mol. The number of carboxylic acids is 1. The second kappa shape index (κ2) is 9.46. The molecule has 1 aromatic carbocycles. The number of aromatic carboxylic acids is 1. The topological polar surface area (TPSA) is 53.8 Å². The molecule has 1 rings (SSSR count). The Balaban J connectivity index is 2.39. The molecule has 1 aromatic rings. The van der Waals surface area contributed by atoms with Crippen LogP contribution in [0, 0.1) is 11.8 Å². The van der Waals surface area contributed by atoms with Crippen molar-refractivity contribution in [3.05, 3.63) is 29.8 Å². The van der Waals surface area contributed by atoms with Gasteiger partial charge in [0.2, 0.25) is 0 Å². The van der Waals surface area contributed by atoms with Gasteiger partial charge in [-0.1, -0.05) is 39.8 Å². The molecule has 0 aliphatic rings. The molecule has 1 N–H and O–H groups in total. The Morgan fingerprint density at radius 3 is 2.36 bits per heavy atom. The molecule has 0 unspecified atom stereocenters. The Morgan fingerprint density at radius 1 is 1.18 bits per heavy atom. The van der Waals surface area contributed by atoms with E-state index < -0.39 is 5.97 Å². The number of rotatable bonds is 10. The molecule has 0 spiro atoms. The minimum Gasteiger partial charge on any atom is -0.545 e. The van der Waals surface area contributed by atoms with Crippen LogP contribution in [0.2, 0.25) is 0 Å². The van der Waals surface area contributed by atoms with Crippen LogP contribution >= 0.6 is 0 Å². The summed E-state index contributed by atoms with van der Waals surface area (Å²) in [5.41, 5.74) is 0.157. The number of benzene rings is 1. The van der Waals surface area contributed by atoms with Gasteiger partial charge in [0, 0.05) is 23.8 Å². The molecule has 0 atom stereocenters. The van der Waals surface area contributed by atoms with Crippen molar-refractivity contribution in [2.24, 2.45) is 11.8 Å². The van der Waals surface area contributed by atoms with E-state index in [1.165, 1.54) is 25.2 Å². The largest absolute Gasteiger partial charge is 0.545 e. The van der Waals surface area contributed by atoms with Crippen molar-refractivity contribution in [1.29, 1.82) is 0 Å². The standard InChI is InChI=1S/C18H29NO3/c1-14(2)12-19(13-15(3)4)9-6-10-22-17-8-5-7-16(11-17)18(20)21/h5,7-8,11,14-15H,6,9-10,12-13H2,1-4H3,(H,20,21). The Kier molecular flexibility index (Phi) is 7.96. The van der Waals surface area contributed by atoms with Crippen molar-refractivity contribution < 1.29 is 19.5 Å². The van der Waals surface area contributed by atoms with Gasteiger partial charge in [0.15, 0.2) is 0 Å². The molecule has 0 bridgehead atoms. The van der Waals surface area contributed by atoms with Crippen molar-refractivity contribution in [2.75, 3.05) is 26.2 Å². The van der Waals surface area contributed by atoms with Crippen molar-refractivity contribution in [3.8, 4) is 5.75 Å². The fraction of sp³-hybridized carbons (Fsp3) is 0.611. The van der Waals surface area contributed by atoms with Crippen LogP contribution < -0.4 is 14.7 Å². The van der Waals surface area contributed by atoms with Gasteiger partial charge in [0.25, 0.3) is 0 Å². The van der Waals surface area contributed by atoms with Crippen LogP contribution in [-0.4, -0.2) is 32.2 Å². The summed E-state index contributed by atoms with van der Waals surface area (Å²) in [5.74, 6) is 0.801. The number of quaternary nitrogens is 1. The molecule has 4 nitrogen and oxygen atoms in total. The first-order chi connectivity index (χ1) is 10.4. The smallest absolute Gasteiger partial charge is 0.119 e. The molecule has 124 valence electrons. The Labute approximate surface area is 134 Å². The van der Waals surface area contributed by atoms with E-state index in [2.05, 4.69) is 27.7 Å². The predicted octanol–water partition coefficient (Wildman–Crippen LogP) is 1.02. The van der Waals surface area contributed by atoms with E-state index >= 15 is 0 Å². The van der Waals surface area contributed by atoms with Crippen LogP contribution in [0.1, 0.15) is 44.5 Å². The van der Waals surface area contributed by atoms with E-state index in [9.17, 15) is 9.90 Å². The van der Waals surface area contributed by atoms with Gasteiger partial charge in [-0.3, -0.25) is 0 Å². The first kappa shape index (κ1) is 18.5. The summed E-state index contributed by atoms with van der Waals surface area (Å²) < 4.78 is 5.65. The summed E-state index contributed by atoms with van der Waals surface area (Å²) in [4.78, 5) is 12.4. The minimum atomic E-state index is -1.17. The van der Waals surface area contributed by atoms with Crippen LogP contribution in [-0.2, 0) is 0 Å². The van der Waals surface area contributed by atoms with E-state index in [0.29, 0.717) is 24.2 Å². The van der Waals surface area contributed by atoms with Gasteiger partial charge >= 0.3 is 0 Å². The summed E-state index contributed by atoms with van der Waals surface area (Å²) in [6.07, 6.45) is 0.963. The lowest BCUT2D eigenvalue weighted by atomic mass is 10.1. The van der Waals surface area contributed by atoms with E-state index in [-0.39, 0.29) is 5.56 Å². The van der Waals surface area contributed by atoms with E-state index in [4.69, 9.17) is 4.74 Å². The van der Waals surface area contributed by atoms with Gasteiger partial charge < -0.3 is 19.5 Å². The molecule has 0 amide bonds. The highest BCUT2D eigenvalue weighted by Crippen LogP contribution is 2.12. The summed E-state index contributed by atoms with van der Waals surface area (Å²) in [6.45, 7) is 13.1. The maximum Gasteiger partial charge on any atom is 0.119 e. The highest BCUT2D eigenvalue weighted by molar-refractivity contribution is 5.86. The lowest BCUT2D eigenvalue weighted by Crippen LogP contribution is -3.13. The number of carbonyl (C=O) groups is 1. The molecule has 0 aliphatic heterocycles. The lowest BCUT2D eigenvalue weighted by molar-refractivity contribution is -0.906. The molecule has 0 aliphatic carbocycles. The number of nitrogens with one attached hydrogen (secondary N) is 1. The van der Waals surface area contributed by atoms with Gasteiger partial charge in [0.1, 0.15) is 5.75 Å². The quantitative estimate of drug-likeness (QED) is 0.657. The molecule has 0 saturated carbocycles. The van der Waals surface area contributed by atoms with Gasteiger partial charge in [-0.15, -0.1) is 0 Å². The van der Waals surface area contributed by atoms with Crippen molar-refractivity contribution in [3.63, 3.8) is 0 Å². The van der Waals surface area contributed by atoms with Crippen molar-refractivity contribution in [2.45, 2.75) is 34.1 Å². The number of hydrogen-bond donors (Lipinski definition) is 1. The average molecular weight is 307 g/mol. The van der Waals surface area contributed by atoms with E-state index in [1.54, 1.807) is 17.0 Å². The van der Waals surface area contributed by atoms with Gasteiger partial charge in [0.05, 0.1) is 32.2 Å². The SMILES string of the molecule is CC(C)C[NH+](CCCOc1cccc(C(=O)[O-])c1)CC(C)C. The summed E-state index contributed by atoms with van der Waals surface area (Å²) in [5, 5.41) is 10.8. The molecule has 0 aromatic heterocycles. The van der Waals surface area contributed by atoms with Crippen LogP contribution in [0.15, 0.2) is 24.3 Å². The Morgan fingerprint density at radius 2 is 1.82 bits per heavy atom. The Hall–Kier alpha value is -1.55. The third-order valence-electron chi connectivity index (χ3n) is 3.41. The molecule has 22 heavy (non-hydrogen) atoms. The van der Waals surface area contributed by atoms with Crippen molar-refractivity contribution >= 4 is 5.97 Å². The second-order valence-electron chi connectivity index (χ2n) is 6.71. The molecule has 0 heterocycles. The maximum absolute atomic E-state index is 10.8. The molecule has 4 heteroatoms. The number of ether oxygens (including phenoxy) is 1. The van der Waals surface area contributed by atoms with E-state index in [1.807, 2.05) is 0 Å². The second-order valence-corrected chi connectivity index (χ2v) is 6.71. The number of carbonyl (C=O) groups excluding carboxylic acids is 1. The third kappa shape index (κ3) is 7.46. The number of hydrogen-bond acceptors (Lipinski definition) is 3. The monoisotopic (exact) mass is 307 g/mol. The van der Waals surface area contributed by atoms with Crippen LogP contribution in [0.4, 0.5) is 0 Å². The summed E-state index contributed by atoms with van der Waals surface area (Å²) in [6, 6.07) is 6.48. The molecule has 0 fully saturated rings. The maximum atomic E-state index is 10.8. The molecule has 0 saturated heterocycles.